The van der Waals surface area contributed by atoms with Gasteiger partial charge in [0.05, 0.1) is 11.5 Å². The molecule has 0 N–H and O–H groups in total. The summed E-state index contributed by atoms with van der Waals surface area (Å²) in [5, 5.41) is 11.2. The van der Waals surface area contributed by atoms with Crippen molar-refractivity contribution in [1.82, 2.24) is 0 Å². The molecule has 0 amide bonds. The number of nitro groups is 1. The Morgan fingerprint density at radius 3 is 2.32 bits per heavy atom. The lowest BCUT2D eigenvalue weighted by Gasteiger charge is -2.32. The number of nitro benzene ring substituents is 1. The van der Waals surface area contributed by atoms with E-state index in [1.165, 1.54) is 0 Å². The number of ether oxygens (including phenoxy) is 2. The SMILES string of the molecule is CC.COCC1(C)C=Cc2c(C)c([N+](=O)[O-])c(C)c(C)c2O1. The molecule has 0 aliphatic carbocycles. The Hall–Kier alpha value is -1.88. The molecule has 5 heteroatoms. The van der Waals surface area contributed by atoms with Gasteiger partial charge in [-0.05, 0) is 33.8 Å². The van der Waals surface area contributed by atoms with Crippen LogP contribution in [0.25, 0.3) is 6.08 Å². The van der Waals surface area contributed by atoms with Crippen LogP contribution in [0.2, 0.25) is 0 Å². The summed E-state index contributed by atoms with van der Waals surface area (Å²) in [6.45, 7) is 11.7. The molecule has 2 rings (SSSR count). The van der Waals surface area contributed by atoms with Crippen molar-refractivity contribution in [1.29, 1.82) is 0 Å². The highest BCUT2D eigenvalue weighted by Gasteiger charge is 2.32. The minimum Gasteiger partial charge on any atom is -0.480 e. The number of nitrogens with zero attached hydrogens (tertiary/aromatic N) is 1. The van der Waals surface area contributed by atoms with Crippen LogP contribution in [0.1, 0.15) is 43.0 Å². The number of hydrogen-bond acceptors (Lipinski definition) is 4. The van der Waals surface area contributed by atoms with Crippen LogP contribution in [-0.2, 0) is 4.74 Å². The third kappa shape index (κ3) is 3.14. The second-order valence-corrected chi connectivity index (χ2v) is 5.40. The maximum Gasteiger partial charge on any atom is 0.276 e. The number of fused-ring (bicyclic) bond motifs is 1. The van der Waals surface area contributed by atoms with Crippen molar-refractivity contribution in [2.75, 3.05) is 13.7 Å². The van der Waals surface area contributed by atoms with Crippen LogP contribution < -0.4 is 4.74 Å². The van der Waals surface area contributed by atoms with E-state index in [-0.39, 0.29) is 10.6 Å². The van der Waals surface area contributed by atoms with Crippen LogP contribution in [-0.4, -0.2) is 24.2 Å². The number of rotatable bonds is 3. The van der Waals surface area contributed by atoms with Crippen LogP contribution in [0, 0.1) is 30.9 Å². The molecule has 0 saturated carbocycles. The predicted molar refractivity (Wildman–Crippen MR) is 88.6 cm³/mol. The van der Waals surface area contributed by atoms with E-state index in [2.05, 4.69) is 0 Å². The van der Waals surface area contributed by atoms with Crippen LogP contribution in [0.5, 0.6) is 5.75 Å². The standard InChI is InChI=1S/C15H19NO4.C2H6/c1-9-10(2)14-12(11(3)13(9)16(17)18)6-7-15(4,20-14)8-19-5;1-2/h6-7H,8H2,1-5H3;1-2H3. The Labute approximate surface area is 132 Å². The topological polar surface area (TPSA) is 61.6 Å². The second-order valence-electron chi connectivity index (χ2n) is 5.40. The van der Waals surface area contributed by atoms with E-state index >= 15 is 0 Å². The van der Waals surface area contributed by atoms with Gasteiger partial charge in [0.1, 0.15) is 11.4 Å². The predicted octanol–water partition coefficient (Wildman–Crippen LogP) is 4.36. The minimum absolute atomic E-state index is 0.171. The third-order valence-electron chi connectivity index (χ3n) is 3.81. The minimum atomic E-state index is -0.540. The first-order chi connectivity index (χ1) is 10.3. The summed E-state index contributed by atoms with van der Waals surface area (Å²) in [7, 11) is 1.62. The Balaban J connectivity index is 0.00000116. The zero-order valence-corrected chi connectivity index (χ0v) is 14.4. The summed E-state index contributed by atoms with van der Waals surface area (Å²) < 4.78 is 11.2. The van der Waals surface area contributed by atoms with E-state index in [9.17, 15) is 10.1 Å². The molecule has 1 heterocycles. The fourth-order valence-corrected chi connectivity index (χ4v) is 2.63. The van der Waals surface area contributed by atoms with Crippen LogP contribution >= 0.6 is 0 Å². The molecular weight excluding hydrogens is 282 g/mol. The number of benzene rings is 1. The van der Waals surface area contributed by atoms with Gasteiger partial charge in [-0.25, -0.2) is 0 Å². The Bertz CT molecular complexity index is 607. The molecule has 1 aliphatic rings. The van der Waals surface area contributed by atoms with Crippen LogP contribution in [0.4, 0.5) is 5.69 Å². The molecule has 1 aliphatic heterocycles. The zero-order chi connectivity index (χ0) is 17.1. The maximum atomic E-state index is 11.2. The van der Waals surface area contributed by atoms with Crippen molar-refractivity contribution in [3.8, 4) is 5.75 Å². The molecular formula is C17H25NO4. The molecule has 0 bridgehead atoms. The summed E-state index contributed by atoms with van der Waals surface area (Å²) in [6, 6.07) is 0. The summed E-state index contributed by atoms with van der Waals surface area (Å²) in [5.74, 6) is 0.715. The molecule has 0 saturated heterocycles. The van der Waals surface area contributed by atoms with Crippen molar-refractivity contribution < 1.29 is 14.4 Å². The zero-order valence-electron chi connectivity index (χ0n) is 14.4. The molecule has 0 fully saturated rings. The molecule has 22 heavy (non-hydrogen) atoms. The summed E-state index contributed by atoms with van der Waals surface area (Å²) in [4.78, 5) is 10.9. The first-order valence-corrected chi connectivity index (χ1v) is 7.46. The highest BCUT2D eigenvalue weighted by molar-refractivity contribution is 5.73. The van der Waals surface area contributed by atoms with E-state index in [1.54, 1.807) is 21.0 Å². The number of hydrogen-bond donors (Lipinski definition) is 0. The quantitative estimate of drug-likeness (QED) is 0.615. The van der Waals surface area contributed by atoms with Crippen LogP contribution in [0.3, 0.4) is 0 Å². The van der Waals surface area contributed by atoms with Gasteiger partial charge in [-0.3, -0.25) is 10.1 Å². The normalized spacial score (nSPS) is 18.9. The van der Waals surface area contributed by atoms with Crippen molar-refractivity contribution in [3.63, 3.8) is 0 Å². The molecule has 1 atom stereocenters. The Morgan fingerprint density at radius 1 is 1.23 bits per heavy atom. The molecule has 1 aromatic carbocycles. The van der Waals surface area contributed by atoms with E-state index in [0.29, 0.717) is 23.5 Å². The fraction of sp³-hybridized carbons (Fsp3) is 0.529. The van der Waals surface area contributed by atoms with Gasteiger partial charge in [-0.2, -0.15) is 0 Å². The second kappa shape index (κ2) is 6.92. The summed E-state index contributed by atoms with van der Waals surface area (Å²) >= 11 is 0. The van der Waals surface area contributed by atoms with Crippen LogP contribution in [0.15, 0.2) is 6.08 Å². The molecule has 0 spiro atoms. The average Bonchev–Trinajstić information content (AvgIpc) is 2.46. The first-order valence-electron chi connectivity index (χ1n) is 7.46. The van der Waals surface area contributed by atoms with Gasteiger partial charge >= 0.3 is 0 Å². The summed E-state index contributed by atoms with van der Waals surface area (Å²) in [5.41, 5.74) is 2.52. The molecule has 5 nitrogen and oxygen atoms in total. The van der Waals surface area contributed by atoms with E-state index in [1.807, 2.05) is 39.8 Å². The lowest BCUT2D eigenvalue weighted by atomic mass is 9.92. The molecule has 0 radical (unpaired) electrons. The smallest absolute Gasteiger partial charge is 0.276 e. The molecule has 1 unspecified atom stereocenters. The number of methoxy groups -OCH3 is 1. The van der Waals surface area contributed by atoms with Crippen molar-refractivity contribution >= 4 is 11.8 Å². The summed E-state index contributed by atoms with van der Waals surface area (Å²) in [6.07, 6.45) is 3.79. The Morgan fingerprint density at radius 2 is 1.82 bits per heavy atom. The van der Waals surface area contributed by atoms with Gasteiger partial charge in [0, 0.05) is 29.4 Å². The van der Waals surface area contributed by atoms with E-state index in [4.69, 9.17) is 9.47 Å². The lowest BCUT2D eigenvalue weighted by molar-refractivity contribution is -0.386. The first kappa shape index (κ1) is 18.2. The Kier molecular flexibility index (Phi) is 5.72. The molecule has 122 valence electrons. The average molecular weight is 307 g/mol. The molecule has 1 aromatic rings. The van der Waals surface area contributed by atoms with Gasteiger partial charge in [-0.15, -0.1) is 0 Å². The lowest BCUT2D eigenvalue weighted by Crippen LogP contribution is -2.37. The van der Waals surface area contributed by atoms with Crippen molar-refractivity contribution in [2.45, 2.75) is 47.1 Å². The maximum absolute atomic E-state index is 11.2. The van der Waals surface area contributed by atoms with Gasteiger partial charge in [0.15, 0.2) is 0 Å². The third-order valence-corrected chi connectivity index (χ3v) is 3.81. The van der Waals surface area contributed by atoms with Crippen molar-refractivity contribution in [2.24, 2.45) is 0 Å². The monoisotopic (exact) mass is 307 g/mol. The largest absolute Gasteiger partial charge is 0.480 e. The van der Waals surface area contributed by atoms with Gasteiger partial charge in [-0.1, -0.05) is 19.9 Å². The van der Waals surface area contributed by atoms with E-state index < -0.39 is 5.60 Å². The van der Waals surface area contributed by atoms with Gasteiger partial charge in [0.25, 0.3) is 5.69 Å². The van der Waals surface area contributed by atoms with Gasteiger partial charge < -0.3 is 9.47 Å². The van der Waals surface area contributed by atoms with E-state index in [0.717, 1.165) is 11.1 Å². The molecule has 0 aromatic heterocycles. The van der Waals surface area contributed by atoms with Gasteiger partial charge in [0.2, 0.25) is 0 Å². The highest BCUT2D eigenvalue weighted by atomic mass is 16.6. The highest BCUT2D eigenvalue weighted by Crippen LogP contribution is 2.42. The van der Waals surface area contributed by atoms with Crippen molar-refractivity contribution in [3.05, 3.63) is 38.4 Å². The fourth-order valence-electron chi connectivity index (χ4n) is 2.63.